The van der Waals surface area contributed by atoms with Crippen LogP contribution in [0.2, 0.25) is 0 Å². The highest BCUT2D eigenvalue weighted by Crippen LogP contribution is 2.28. The molecular formula is C19H27N5S. The summed E-state index contributed by atoms with van der Waals surface area (Å²) < 4.78 is 0. The Morgan fingerprint density at radius 1 is 1.32 bits per heavy atom. The third-order valence-corrected chi connectivity index (χ3v) is 5.80. The number of aromatic nitrogens is 1. The van der Waals surface area contributed by atoms with Gasteiger partial charge in [-0.25, -0.2) is 4.98 Å². The van der Waals surface area contributed by atoms with Crippen LogP contribution in [0.15, 0.2) is 29.3 Å². The van der Waals surface area contributed by atoms with E-state index in [1.54, 1.807) is 11.3 Å². The molecule has 6 heteroatoms. The van der Waals surface area contributed by atoms with Crippen LogP contribution < -0.4 is 15.5 Å². The number of nitrogens with one attached hydrogen (secondary N) is 2. The molecule has 25 heavy (non-hydrogen) atoms. The topological polar surface area (TPSA) is 52.6 Å². The summed E-state index contributed by atoms with van der Waals surface area (Å²) in [5.74, 6) is 0.824. The van der Waals surface area contributed by atoms with E-state index in [9.17, 15) is 0 Å². The minimum absolute atomic E-state index is 0.409. The third kappa shape index (κ3) is 4.12. The molecule has 2 heterocycles. The molecule has 1 unspecified atom stereocenters. The van der Waals surface area contributed by atoms with Crippen LogP contribution in [0.1, 0.15) is 28.1 Å². The molecule has 0 saturated carbocycles. The van der Waals surface area contributed by atoms with E-state index in [1.165, 1.54) is 16.1 Å². The standard InChI is InChI=1S/C19H27N5S/c1-13(24-10-9-16-7-5-6-8-17(16)24)11-21-19(20-4)22-12-18-23-14(2)15(3)25-18/h5-8,13H,9-12H2,1-4H3,(H2,20,21,22). The summed E-state index contributed by atoms with van der Waals surface area (Å²) in [5.41, 5.74) is 3.94. The van der Waals surface area contributed by atoms with Crippen molar-refractivity contribution in [2.24, 2.45) is 4.99 Å². The number of anilines is 1. The molecule has 1 aromatic carbocycles. The number of rotatable bonds is 5. The third-order valence-electron chi connectivity index (χ3n) is 4.72. The Hall–Kier alpha value is -2.08. The predicted octanol–water partition coefficient (Wildman–Crippen LogP) is 2.88. The van der Waals surface area contributed by atoms with Gasteiger partial charge in [-0.1, -0.05) is 18.2 Å². The normalized spacial score (nSPS) is 15.2. The van der Waals surface area contributed by atoms with Gasteiger partial charge in [0, 0.05) is 36.7 Å². The number of para-hydroxylation sites is 1. The first kappa shape index (κ1) is 17.7. The lowest BCUT2D eigenvalue weighted by Crippen LogP contribution is -2.45. The largest absolute Gasteiger partial charge is 0.366 e. The lowest BCUT2D eigenvalue weighted by molar-refractivity contribution is 0.625. The summed E-state index contributed by atoms with van der Waals surface area (Å²) in [5, 5.41) is 7.90. The van der Waals surface area contributed by atoms with E-state index in [-0.39, 0.29) is 0 Å². The highest BCUT2D eigenvalue weighted by Gasteiger charge is 2.22. The lowest BCUT2D eigenvalue weighted by Gasteiger charge is -2.28. The fourth-order valence-electron chi connectivity index (χ4n) is 3.17. The van der Waals surface area contributed by atoms with E-state index >= 15 is 0 Å². The summed E-state index contributed by atoms with van der Waals surface area (Å²) in [6.07, 6.45) is 1.14. The SMILES string of the molecule is CN=C(NCc1nc(C)c(C)s1)NCC(C)N1CCc2ccccc21. The first-order chi connectivity index (χ1) is 12.1. The molecule has 0 radical (unpaired) electrons. The van der Waals surface area contributed by atoms with Gasteiger partial charge < -0.3 is 15.5 Å². The van der Waals surface area contributed by atoms with Crippen molar-refractivity contribution in [1.82, 2.24) is 15.6 Å². The molecule has 1 aromatic heterocycles. The molecule has 1 atom stereocenters. The molecular weight excluding hydrogens is 330 g/mol. The molecule has 2 N–H and O–H groups in total. The summed E-state index contributed by atoms with van der Waals surface area (Å²) in [7, 11) is 1.81. The maximum Gasteiger partial charge on any atom is 0.191 e. The first-order valence-corrected chi connectivity index (χ1v) is 9.62. The Bertz CT molecular complexity index is 733. The van der Waals surface area contributed by atoms with Crippen LogP contribution in [-0.4, -0.2) is 37.1 Å². The molecule has 3 rings (SSSR count). The quantitative estimate of drug-likeness (QED) is 0.638. The second-order valence-electron chi connectivity index (χ2n) is 6.48. The Kier molecular flexibility index (Phi) is 5.58. The van der Waals surface area contributed by atoms with Crippen LogP contribution in [0.4, 0.5) is 5.69 Å². The molecule has 0 fully saturated rings. The van der Waals surface area contributed by atoms with Crippen molar-refractivity contribution in [2.45, 2.75) is 39.8 Å². The number of hydrogen-bond acceptors (Lipinski definition) is 4. The number of aryl methyl sites for hydroxylation is 2. The van der Waals surface area contributed by atoms with Crippen LogP contribution >= 0.6 is 11.3 Å². The monoisotopic (exact) mass is 357 g/mol. The number of aliphatic imine (C=N–C) groups is 1. The summed E-state index contributed by atoms with van der Waals surface area (Å²) >= 11 is 1.74. The number of guanidine groups is 1. The summed E-state index contributed by atoms with van der Waals surface area (Å²) in [4.78, 5) is 12.6. The average molecular weight is 358 g/mol. The zero-order chi connectivity index (χ0) is 17.8. The number of hydrogen-bond donors (Lipinski definition) is 2. The van der Waals surface area contributed by atoms with Gasteiger partial charge in [-0.2, -0.15) is 0 Å². The van der Waals surface area contributed by atoms with Gasteiger partial charge in [-0.3, -0.25) is 4.99 Å². The van der Waals surface area contributed by atoms with Gasteiger partial charge in [0.15, 0.2) is 5.96 Å². The van der Waals surface area contributed by atoms with Crippen molar-refractivity contribution in [1.29, 1.82) is 0 Å². The summed E-state index contributed by atoms with van der Waals surface area (Å²) in [6, 6.07) is 9.11. The van der Waals surface area contributed by atoms with E-state index in [0.29, 0.717) is 12.6 Å². The smallest absolute Gasteiger partial charge is 0.191 e. The predicted molar refractivity (Wildman–Crippen MR) is 107 cm³/mol. The molecule has 0 amide bonds. The average Bonchev–Trinajstić information content (AvgIpc) is 3.18. The van der Waals surface area contributed by atoms with Crippen LogP contribution in [0.5, 0.6) is 0 Å². The van der Waals surface area contributed by atoms with Gasteiger partial charge >= 0.3 is 0 Å². The number of benzene rings is 1. The van der Waals surface area contributed by atoms with Crippen molar-refractivity contribution in [3.8, 4) is 0 Å². The molecule has 0 saturated heterocycles. The zero-order valence-corrected chi connectivity index (χ0v) is 16.3. The van der Waals surface area contributed by atoms with Gasteiger partial charge in [0.05, 0.1) is 12.2 Å². The maximum atomic E-state index is 4.56. The van der Waals surface area contributed by atoms with Gasteiger partial charge in [0.2, 0.25) is 0 Å². The van der Waals surface area contributed by atoms with Crippen molar-refractivity contribution in [3.63, 3.8) is 0 Å². The number of nitrogens with zero attached hydrogens (tertiary/aromatic N) is 3. The highest BCUT2D eigenvalue weighted by molar-refractivity contribution is 7.11. The lowest BCUT2D eigenvalue weighted by atomic mass is 10.2. The maximum absolute atomic E-state index is 4.56. The van der Waals surface area contributed by atoms with Gasteiger partial charge in [0.25, 0.3) is 0 Å². The van der Waals surface area contributed by atoms with Crippen molar-refractivity contribution in [2.75, 3.05) is 25.0 Å². The van der Waals surface area contributed by atoms with E-state index < -0.39 is 0 Å². The molecule has 5 nitrogen and oxygen atoms in total. The van der Waals surface area contributed by atoms with Gasteiger partial charge in [0.1, 0.15) is 5.01 Å². The molecule has 2 aromatic rings. The van der Waals surface area contributed by atoms with E-state index in [1.807, 2.05) is 7.05 Å². The molecule has 1 aliphatic heterocycles. The first-order valence-electron chi connectivity index (χ1n) is 8.80. The van der Waals surface area contributed by atoms with Crippen molar-refractivity contribution >= 4 is 23.0 Å². The molecule has 1 aliphatic rings. The Morgan fingerprint density at radius 2 is 2.12 bits per heavy atom. The molecule has 0 spiro atoms. The van der Waals surface area contributed by atoms with Gasteiger partial charge in [-0.15, -0.1) is 11.3 Å². The fraction of sp³-hybridized carbons (Fsp3) is 0.474. The number of thiazole rings is 1. The van der Waals surface area contributed by atoms with Crippen LogP contribution in [0.3, 0.4) is 0 Å². The van der Waals surface area contributed by atoms with Gasteiger partial charge in [-0.05, 0) is 38.8 Å². The second kappa shape index (κ2) is 7.87. The molecule has 134 valence electrons. The molecule has 0 aliphatic carbocycles. The minimum Gasteiger partial charge on any atom is -0.366 e. The van der Waals surface area contributed by atoms with Crippen LogP contribution in [-0.2, 0) is 13.0 Å². The Balaban J connectivity index is 1.51. The van der Waals surface area contributed by atoms with E-state index in [4.69, 9.17) is 0 Å². The number of fused-ring (bicyclic) bond motifs is 1. The van der Waals surface area contributed by atoms with E-state index in [2.05, 4.69) is 70.5 Å². The Morgan fingerprint density at radius 3 is 2.84 bits per heavy atom. The van der Waals surface area contributed by atoms with Crippen molar-refractivity contribution < 1.29 is 0 Å². The van der Waals surface area contributed by atoms with Crippen molar-refractivity contribution in [3.05, 3.63) is 45.4 Å². The van der Waals surface area contributed by atoms with E-state index in [0.717, 1.165) is 36.2 Å². The highest BCUT2D eigenvalue weighted by atomic mass is 32.1. The fourth-order valence-corrected chi connectivity index (χ4v) is 4.04. The van der Waals surface area contributed by atoms with Crippen LogP contribution in [0.25, 0.3) is 0 Å². The minimum atomic E-state index is 0.409. The molecule has 0 bridgehead atoms. The Labute approximate surface area is 154 Å². The second-order valence-corrected chi connectivity index (χ2v) is 7.76. The summed E-state index contributed by atoms with van der Waals surface area (Å²) in [6.45, 7) is 9.07. The zero-order valence-electron chi connectivity index (χ0n) is 15.5. The van der Waals surface area contributed by atoms with Crippen LogP contribution in [0, 0.1) is 13.8 Å².